The van der Waals surface area contributed by atoms with Gasteiger partial charge < -0.3 is 4.90 Å². The quantitative estimate of drug-likeness (QED) is 0.601. The fraction of sp³-hybridized carbons (Fsp3) is 0.391. The second-order valence-corrected chi connectivity index (χ2v) is 7.79. The lowest BCUT2D eigenvalue weighted by Gasteiger charge is -2.29. The molecule has 4 rings (SSSR count). The van der Waals surface area contributed by atoms with Crippen LogP contribution in [0.2, 0.25) is 0 Å². The summed E-state index contributed by atoms with van der Waals surface area (Å²) in [5.74, 6) is -0.240. The first-order chi connectivity index (χ1) is 14.6. The molecule has 1 amide bonds. The summed E-state index contributed by atoms with van der Waals surface area (Å²) in [6.45, 7) is 0.794. The number of hydrogen-bond donors (Lipinski definition) is 0. The minimum atomic E-state index is -0.260. The SMILES string of the molecule is O=C(CCn1nnc2ccccc2c1=O)N(CCc1ccc(F)cc1)C1CCCC1. The Morgan fingerprint density at radius 2 is 1.83 bits per heavy atom. The van der Waals surface area contributed by atoms with Crippen molar-refractivity contribution in [2.75, 3.05) is 6.54 Å². The molecular weight excluding hydrogens is 383 g/mol. The van der Waals surface area contributed by atoms with Crippen LogP contribution in [-0.2, 0) is 17.8 Å². The van der Waals surface area contributed by atoms with Crippen LogP contribution >= 0.6 is 0 Å². The van der Waals surface area contributed by atoms with Gasteiger partial charge in [-0.15, -0.1) is 5.10 Å². The predicted molar refractivity (Wildman–Crippen MR) is 112 cm³/mol. The van der Waals surface area contributed by atoms with Gasteiger partial charge in [0.1, 0.15) is 11.3 Å². The van der Waals surface area contributed by atoms with Crippen molar-refractivity contribution in [1.29, 1.82) is 0 Å². The van der Waals surface area contributed by atoms with Crippen molar-refractivity contribution in [2.45, 2.75) is 51.1 Å². The lowest BCUT2D eigenvalue weighted by molar-refractivity contribution is -0.133. The minimum absolute atomic E-state index is 0.0193. The van der Waals surface area contributed by atoms with E-state index in [1.807, 2.05) is 11.0 Å². The first-order valence-corrected chi connectivity index (χ1v) is 10.5. The van der Waals surface area contributed by atoms with E-state index in [0.717, 1.165) is 31.2 Å². The first-order valence-electron chi connectivity index (χ1n) is 10.5. The number of carbonyl (C=O) groups excluding carboxylic acids is 1. The molecule has 0 atom stereocenters. The third-order valence-electron chi connectivity index (χ3n) is 5.81. The van der Waals surface area contributed by atoms with Gasteiger partial charge in [0.15, 0.2) is 0 Å². The van der Waals surface area contributed by atoms with Crippen molar-refractivity contribution in [3.05, 3.63) is 70.3 Å². The Bertz CT molecular complexity index is 1070. The third kappa shape index (κ3) is 4.56. The maximum atomic E-state index is 13.1. The second-order valence-electron chi connectivity index (χ2n) is 7.79. The Hall–Kier alpha value is -3.09. The zero-order valence-electron chi connectivity index (χ0n) is 16.8. The Balaban J connectivity index is 1.44. The minimum Gasteiger partial charge on any atom is -0.339 e. The topological polar surface area (TPSA) is 68.1 Å². The number of benzene rings is 2. The largest absolute Gasteiger partial charge is 0.339 e. The van der Waals surface area contributed by atoms with Gasteiger partial charge in [0.2, 0.25) is 5.91 Å². The van der Waals surface area contributed by atoms with Crippen LogP contribution < -0.4 is 5.56 Å². The summed E-state index contributed by atoms with van der Waals surface area (Å²) in [6.07, 6.45) is 5.14. The van der Waals surface area contributed by atoms with Crippen molar-refractivity contribution < 1.29 is 9.18 Å². The number of aryl methyl sites for hydroxylation is 1. The molecule has 0 bridgehead atoms. The molecule has 30 heavy (non-hydrogen) atoms. The number of fused-ring (bicyclic) bond motifs is 1. The van der Waals surface area contributed by atoms with E-state index in [-0.39, 0.29) is 36.3 Å². The molecule has 7 heteroatoms. The number of halogens is 1. The highest BCUT2D eigenvalue weighted by Gasteiger charge is 2.26. The van der Waals surface area contributed by atoms with E-state index in [4.69, 9.17) is 0 Å². The zero-order chi connectivity index (χ0) is 20.9. The maximum absolute atomic E-state index is 13.1. The van der Waals surface area contributed by atoms with Gasteiger partial charge in [-0.1, -0.05) is 42.3 Å². The molecule has 6 nitrogen and oxygen atoms in total. The monoisotopic (exact) mass is 408 g/mol. The highest BCUT2D eigenvalue weighted by molar-refractivity contribution is 5.77. The number of hydrogen-bond acceptors (Lipinski definition) is 4. The Labute approximate surface area is 174 Å². The average Bonchev–Trinajstić information content (AvgIpc) is 3.29. The highest BCUT2D eigenvalue weighted by Crippen LogP contribution is 2.24. The van der Waals surface area contributed by atoms with Gasteiger partial charge in [0, 0.05) is 19.0 Å². The molecule has 0 aliphatic heterocycles. The molecule has 1 heterocycles. The van der Waals surface area contributed by atoms with Crippen LogP contribution in [0.3, 0.4) is 0 Å². The average molecular weight is 408 g/mol. The molecule has 0 spiro atoms. The Morgan fingerprint density at radius 3 is 2.60 bits per heavy atom. The number of aromatic nitrogens is 3. The summed E-state index contributed by atoms with van der Waals surface area (Å²) in [5, 5.41) is 8.57. The molecule has 0 radical (unpaired) electrons. The molecular formula is C23H25FN4O2. The standard InChI is InChI=1S/C23H25FN4O2/c24-18-11-9-17(10-12-18)13-15-27(19-5-1-2-6-19)22(29)14-16-28-23(30)20-7-3-4-8-21(20)25-26-28/h3-4,7-12,19H,1-2,5-6,13-16H2. The summed E-state index contributed by atoms with van der Waals surface area (Å²) in [4.78, 5) is 27.6. The van der Waals surface area contributed by atoms with E-state index in [1.165, 1.54) is 16.8 Å². The molecule has 1 saturated carbocycles. The van der Waals surface area contributed by atoms with E-state index in [2.05, 4.69) is 10.3 Å². The van der Waals surface area contributed by atoms with Gasteiger partial charge in [0.05, 0.1) is 11.9 Å². The van der Waals surface area contributed by atoms with E-state index in [9.17, 15) is 14.0 Å². The van der Waals surface area contributed by atoms with Crippen LogP contribution in [0.5, 0.6) is 0 Å². The normalized spacial score (nSPS) is 14.3. The summed E-state index contributed by atoms with van der Waals surface area (Å²) in [5.41, 5.74) is 1.33. The second kappa shape index (κ2) is 9.15. The molecule has 0 unspecified atom stereocenters. The number of carbonyl (C=O) groups is 1. The van der Waals surface area contributed by atoms with Gasteiger partial charge in [-0.3, -0.25) is 9.59 Å². The predicted octanol–water partition coefficient (Wildman–Crippen LogP) is 3.33. The van der Waals surface area contributed by atoms with Crippen molar-refractivity contribution in [1.82, 2.24) is 19.9 Å². The van der Waals surface area contributed by atoms with E-state index >= 15 is 0 Å². The highest BCUT2D eigenvalue weighted by atomic mass is 19.1. The van der Waals surface area contributed by atoms with E-state index < -0.39 is 0 Å². The zero-order valence-corrected chi connectivity index (χ0v) is 16.8. The molecule has 1 fully saturated rings. The molecule has 156 valence electrons. The molecule has 1 aliphatic rings. The van der Waals surface area contributed by atoms with Crippen LogP contribution in [0, 0.1) is 5.82 Å². The van der Waals surface area contributed by atoms with Gasteiger partial charge in [-0.2, -0.15) is 0 Å². The van der Waals surface area contributed by atoms with Gasteiger partial charge in [-0.25, -0.2) is 9.07 Å². The summed E-state index contributed by atoms with van der Waals surface area (Å²) in [7, 11) is 0. The summed E-state index contributed by atoms with van der Waals surface area (Å²) >= 11 is 0. The van der Waals surface area contributed by atoms with Gasteiger partial charge in [-0.05, 0) is 49.1 Å². The molecule has 3 aromatic rings. The summed E-state index contributed by atoms with van der Waals surface area (Å²) in [6, 6.07) is 13.7. The van der Waals surface area contributed by atoms with Gasteiger partial charge in [0.25, 0.3) is 5.56 Å². The van der Waals surface area contributed by atoms with Crippen LogP contribution in [0.25, 0.3) is 10.9 Å². The van der Waals surface area contributed by atoms with Crippen LogP contribution in [0.15, 0.2) is 53.3 Å². The Kier molecular flexibility index (Phi) is 6.16. The Morgan fingerprint density at radius 1 is 1.10 bits per heavy atom. The summed E-state index contributed by atoms with van der Waals surface area (Å²) < 4.78 is 14.4. The van der Waals surface area contributed by atoms with Crippen LogP contribution in [-0.4, -0.2) is 38.4 Å². The van der Waals surface area contributed by atoms with Crippen LogP contribution in [0.4, 0.5) is 4.39 Å². The third-order valence-corrected chi connectivity index (χ3v) is 5.81. The molecule has 1 aromatic heterocycles. The fourth-order valence-electron chi connectivity index (χ4n) is 4.14. The van der Waals surface area contributed by atoms with Crippen molar-refractivity contribution in [3.8, 4) is 0 Å². The van der Waals surface area contributed by atoms with E-state index in [0.29, 0.717) is 23.9 Å². The van der Waals surface area contributed by atoms with Crippen molar-refractivity contribution in [2.24, 2.45) is 0 Å². The molecule has 0 N–H and O–H groups in total. The van der Waals surface area contributed by atoms with Gasteiger partial charge >= 0.3 is 0 Å². The lowest BCUT2D eigenvalue weighted by atomic mass is 10.1. The van der Waals surface area contributed by atoms with Crippen LogP contribution in [0.1, 0.15) is 37.7 Å². The smallest absolute Gasteiger partial charge is 0.277 e. The maximum Gasteiger partial charge on any atom is 0.277 e. The number of amides is 1. The van der Waals surface area contributed by atoms with Crippen molar-refractivity contribution >= 4 is 16.8 Å². The van der Waals surface area contributed by atoms with E-state index in [1.54, 1.807) is 30.3 Å². The fourth-order valence-corrected chi connectivity index (χ4v) is 4.14. The molecule has 2 aromatic carbocycles. The number of rotatable bonds is 7. The first kappa shape index (κ1) is 20.2. The number of nitrogens with zero attached hydrogens (tertiary/aromatic N) is 4. The lowest BCUT2D eigenvalue weighted by Crippen LogP contribution is -2.41. The van der Waals surface area contributed by atoms with Crippen molar-refractivity contribution in [3.63, 3.8) is 0 Å². The molecule has 1 aliphatic carbocycles. The molecule has 0 saturated heterocycles.